The Morgan fingerprint density at radius 2 is 1.70 bits per heavy atom. The van der Waals surface area contributed by atoms with Gasteiger partial charge in [-0.2, -0.15) is 0 Å². The quantitative estimate of drug-likeness (QED) is 0.589. The molecular formula is C15H26N2O2Si. The molecule has 0 bridgehead atoms. The van der Waals surface area contributed by atoms with E-state index in [-0.39, 0.29) is 23.7 Å². The van der Waals surface area contributed by atoms with Gasteiger partial charge in [-0.3, -0.25) is 14.5 Å². The van der Waals surface area contributed by atoms with E-state index in [1.807, 2.05) is 0 Å². The van der Waals surface area contributed by atoms with Crippen LogP contribution in [0, 0.1) is 11.8 Å². The lowest BCUT2D eigenvalue weighted by Gasteiger charge is -2.30. The van der Waals surface area contributed by atoms with Crippen LogP contribution < -0.4 is 0 Å². The minimum absolute atomic E-state index is 0.0279. The molecule has 5 heteroatoms. The Morgan fingerprint density at radius 3 is 2.25 bits per heavy atom. The third-order valence-corrected chi connectivity index (χ3v) is 9.30. The van der Waals surface area contributed by atoms with E-state index >= 15 is 0 Å². The molecule has 2 aliphatic heterocycles. The van der Waals surface area contributed by atoms with E-state index in [4.69, 9.17) is 0 Å². The SMILES string of the molecule is C[Si]1(C)CCCN1CCCN1C(=O)C2CCCC2C1=O. The zero-order valence-electron chi connectivity index (χ0n) is 12.7. The van der Waals surface area contributed by atoms with Crippen molar-refractivity contribution in [3.05, 3.63) is 0 Å². The predicted molar refractivity (Wildman–Crippen MR) is 80.6 cm³/mol. The summed E-state index contributed by atoms with van der Waals surface area (Å²) in [4.78, 5) is 26.1. The minimum Gasteiger partial charge on any atom is -0.324 e. The number of hydrogen-bond donors (Lipinski definition) is 0. The average Bonchev–Trinajstić information content (AvgIpc) is 3.04. The molecule has 2 unspecified atom stereocenters. The first-order chi connectivity index (χ1) is 9.50. The molecule has 2 saturated heterocycles. The van der Waals surface area contributed by atoms with Crippen LogP contribution in [0.1, 0.15) is 32.1 Å². The molecule has 112 valence electrons. The van der Waals surface area contributed by atoms with Crippen LogP contribution in [0.5, 0.6) is 0 Å². The van der Waals surface area contributed by atoms with E-state index in [1.165, 1.54) is 19.0 Å². The van der Waals surface area contributed by atoms with E-state index in [9.17, 15) is 9.59 Å². The molecule has 4 nitrogen and oxygen atoms in total. The molecule has 0 N–H and O–H groups in total. The summed E-state index contributed by atoms with van der Waals surface area (Å²) in [5, 5.41) is 0. The highest BCUT2D eigenvalue weighted by Gasteiger charge is 2.49. The highest BCUT2D eigenvalue weighted by molar-refractivity contribution is 6.75. The summed E-state index contributed by atoms with van der Waals surface area (Å²) in [6.45, 7) is 7.77. The highest BCUT2D eigenvalue weighted by atomic mass is 28.3. The molecule has 2 amide bonds. The van der Waals surface area contributed by atoms with Crippen LogP contribution in [0.15, 0.2) is 0 Å². The monoisotopic (exact) mass is 294 g/mol. The third-order valence-electron chi connectivity index (χ3n) is 5.56. The Labute approximate surface area is 122 Å². The second kappa shape index (κ2) is 5.26. The van der Waals surface area contributed by atoms with Crippen molar-refractivity contribution >= 4 is 20.0 Å². The van der Waals surface area contributed by atoms with Crippen molar-refractivity contribution in [1.29, 1.82) is 0 Å². The van der Waals surface area contributed by atoms with Crippen LogP contribution in [0.2, 0.25) is 19.1 Å². The number of carbonyl (C=O) groups excluding carboxylic acids is 2. The Balaban J connectivity index is 1.52. The van der Waals surface area contributed by atoms with Gasteiger partial charge in [-0.15, -0.1) is 0 Å². The smallest absolute Gasteiger partial charge is 0.233 e. The van der Waals surface area contributed by atoms with E-state index in [1.54, 1.807) is 4.90 Å². The molecule has 0 spiro atoms. The lowest BCUT2D eigenvalue weighted by atomic mass is 10.00. The van der Waals surface area contributed by atoms with Crippen molar-refractivity contribution in [1.82, 2.24) is 9.47 Å². The molecule has 0 aromatic rings. The second-order valence-electron chi connectivity index (χ2n) is 7.23. The molecule has 20 heavy (non-hydrogen) atoms. The lowest BCUT2D eigenvalue weighted by molar-refractivity contribution is -0.140. The summed E-state index contributed by atoms with van der Waals surface area (Å²) in [6, 6.07) is 1.39. The first-order valence-corrected chi connectivity index (χ1v) is 11.3. The molecule has 1 saturated carbocycles. The van der Waals surface area contributed by atoms with Gasteiger partial charge in [-0.25, -0.2) is 0 Å². The molecule has 1 aliphatic carbocycles. The van der Waals surface area contributed by atoms with Gasteiger partial charge in [-0.05, 0) is 44.8 Å². The minimum atomic E-state index is -1.16. The Bertz CT molecular complexity index is 402. The van der Waals surface area contributed by atoms with Crippen LogP contribution in [0.25, 0.3) is 0 Å². The van der Waals surface area contributed by atoms with Crippen molar-refractivity contribution in [2.45, 2.75) is 51.2 Å². The first-order valence-electron chi connectivity index (χ1n) is 8.11. The summed E-state index contributed by atoms with van der Waals surface area (Å²) in [7, 11) is -1.16. The van der Waals surface area contributed by atoms with Crippen LogP contribution in [-0.4, -0.2) is 49.1 Å². The normalized spacial score (nSPS) is 33.2. The van der Waals surface area contributed by atoms with Gasteiger partial charge in [0.1, 0.15) is 8.24 Å². The number of amides is 2. The van der Waals surface area contributed by atoms with Crippen LogP contribution in [-0.2, 0) is 9.59 Å². The summed E-state index contributed by atoms with van der Waals surface area (Å²) >= 11 is 0. The third kappa shape index (κ3) is 2.35. The molecule has 2 atom stereocenters. The van der Waals surface area contributed by atoms with Gasteiger partial charge in [0.25, 0.3) is 0 Å². The lowest BCUT2D eigenvalue weighted by Crippen LogP contribution is -2.44. The van der Waals surface area contributed by atoms with E-state index in [2.05, 4.69) is 17.7 Å². The highest BCUT2D eigenvalue weighted by Crippen LogP contribution is 2.39. The molecular weight excluding hydrogens is 268 g/mol. The zero-order chi connectivity index (χ0) is 14.3. The topological polar surface area (TPSA) is 40.6 Å². The fourth-order valence-corrected chi connectivity index (χ4v) is 7.14. The number of rotatable bonds is 4. The number of imide groups is 1. The van der Waals surface area contributed by atoms with Crippen molar-refractivity contribution in [2.75, 3.05) is 19.6 Å². The van der Waals surface area contributed by atoms with Gasteiger partial charge in [0, 0.05) is 6.54 Å². The number of carbonyl (C=O) groups is 2. The standard InChI is InChI=1S/C15H26N2O2Si/c1-20(2)11-5-9-16(20)8-4-10-17-14(18)12-6-3-7-13(12)15(17)19/h12-13H,3-11H2,1-2H3. The van der Waals surface area contributed by atoms with Gasteiger partial charge in [0.2, 0.25) is 11.8 Å². The fourth-order valence-electron chi connectivity index (χ4n) is 4.28. The molecule has 3 aliphatic rings. The van der Waals surface area contributed by atoms with Gasteiger partial charge >= 0.3 is 0 Å². The summed E-state index contributed by atoms with van der Waals surface area (Å²) < 4.78 is 2.64. The van der Waals surface area contributed by atoms with E-state index in [0.29, 0.717) is 6.54 Å². The maximum absolute atomic E-state index is 12.3. The molecule has 2 heterocycles. The van der Waals surface area contributed by atoms with Gasteiger partial charge in [-0.1, -0.05) is 19.5 Å². The van der Waals surface area contributed by atoms with Crippen molar-refractivity contribution in [3.63, 3.8) is 0 Å². The number of fused-ring (bicyclic) bond motifs is 1. The maximum Gasteiger partial charge on any atom is 0.233 e. The number of hydrogen-bond acceptors (Lipinski definition) is 3. The number of likely N-dealkylation sites (tertiary alicyclic amines) is 1. The van der Waals surface area contributed by atoms with Crippen molar-refractivity contribution < 1.29 is 9.59 Å². The molecule has 3 fully saturated rings. The summed E-state index contributed by atoms with van der Waals surface area (Å²) in [5.74, 6) is 0.297. The summed E-state index contributed by atoms with van der Waals surface area (Å²) in [5.41, 5.74) is 0. The Hall–Kier alpha value is -0.683. The van der Waals surface area contributed by atoms with Crippen molar-refractivity contribution in [3.8, 4) is 0 Å². The van der Waals surface area contributed by atoms with Crippen LogP contribution in [0.3, 0.4) is 0 Å². The van der Waals surface area contributed by atoms with Crippen LogP contribution in [0.4, 0.5) is 0 Å². The van der Waals surface area contributed by atoms with Crippen LogP contribution >= 0.6 is 0 Å². The maximum atomic E-state index is 12.3. The average molecular weight is 294 g/mol. The predicted octanol–water partition coefficient (Wildman–Crippen LogP) is 2.07. The molecule has 0 aromatic carbocycles. The Kier molecular flexibility index (Phi) is 3.75. The van der Waals surface area contributed by atoms with Gasteiger partial charge < -0.3 is 4.57 Å². The summed E-state index contributed by atoms with van der Waals surface area (Å²) in [6.07, 6.45) is 5.18. The Morgan fingerprint density at radius 1 is 1.05 bits per heavy atom. The molecule has 3 rings (SSSR count). The molecule has 0 radical (unpaired) electrons. The van der Waals surface area contributed by atoms with E-state index in [0.717, 1.165) is 32.2 Å². The van der Waals surface area contributed by atoms with Gasteiger partial charge in [0.05, 0.1) is 11.8 Å². The fraction of sp³-hybridized carbons (Fsp3) is 0.867. The largest absolute Gasteiger partial charge is 0.324 e. The number of nitrogens with zero attached hydrogens (tertiary/aromatic N) is 2. The van der Waals surface area contributed by atoms with Crippen molar-refractivity contribution in [2.24, 2.45) is 11.8 Å². The molecule has 0 aromatic heterocycles. The first kappa shape index (κ1) is 14.3. The van der Waals surface area contributed by atoms with Gasteiger partial charge in [0.15, 0.2) is 0 Å². The second-order valence-corrected chi connectivity index (χ2v) is 12.0. The zero-order valence-corrected chi connectivity index (χ0v) is 13.7. The van der Waals surface area contributed by atoms with E-state index < -0.39 is 8.24 Å².